The van der Waals surface area contributed by atoms with Crippen LogP contribution in [0.25, 0.3) is 0 Å². The summed E-state index contributed by atoms with van der Waals surface area (Å²) < 4.78 is 0. The van der Waals surface area contributed by atoms with E-state index in [2.05, 4.69) is 29.1 Å². The van der Waals surface area contributed by atoms with Crippen LogP contribution in [0.1, 0.15) is 44.7 Å². The summed E-state index contributed by atoms with van der Waals surface area (Å²) in [6, 6.07) is 0.434. The Labute approximate surface area is 97.7 Å². The van der Waals surface area contributed by atoms with Gasteiger partial charge in [-0.25, -0.2) is 9.97 Å². The van der Waals surface area contributed by atoms with Gasteiger partial charge in [-0.05, 0) is 24.8 Å². The summed E-state index contributed by atoms with van der Waals surface area (Å²) in [7, 11) is 0. The third-order valence-corrected chi connectivity index (χ3v) is 3.72. The summed E-state index contributed by atoms with van der Waals surface area (Å²) >= 11 is 0. The summed E-state index contributed by atoms with van der Waals surface area (Å²) in [6.07, 6.45) is 9.55. The van der Waals surface area contributed by atoms with E-state index in [1.54, 1.807) is 6.33 Å². The average Bonchev–Trinajstić information content (AvgIpc) is 2.73. The van der Waals surface area contributed by atoms with Gasteiger partial charge in [-0.1, -0.05) is 26.7 Å². The zero-order valence-electron chi connectivity index (χ0n) is 10.2. The minimum Gasteiger partial charge on any atom is -0.310 e. The second-order valence-electron chi connectivity index (χ2n) is 4.78. The highest BCUT2D eigenvalue weighted by Gasteiger charge is 2.31. The largest absolute Gasteiger partial charge is 0.310 e. The monoisotopic (exact) mass is 219 g/mol. The lowest BCUT2D eigenvalue weighted by Gasteiger charge is -2.27. The molecule has 0 aliphatic heterocycles. The SMILES string of the molecule is CCNC(c1cncnc1)C1CCCC1C. The van der Waals surface area contributed by atoms with Crippen LogP contribution >= 0.6 is 0 Å². The Kier molecular flexibility index (Phi) is 3.88. The minimum absolute atomic E-state index is 0.434. The minimum atomic E-state index is 0.434. The van der Waals surface area contributed by atoms with Gasteiger partial charge in [0, 0.05) is 24.0 Å². The molecule has 1 aromatic rings. The molecule has 0 amide bonds. The van der Waals surface area contributed by atoms with Gasteiger partial charge in [-0.2, -0.15) is 0 Å². The molecule has 1 aromatic heterocycles. The Morgan fingerprint density at radius 2 is 2.12 bits per heavy atom. The quantitative estimate of drug-likeness (QED) is 0.845. The van der Waals surface area contributed by atoms with Gasteiger partial charge >= 0.3 is 0 Å². The third kappa shape index (κ3) is 2.40. The van der Waals surface area contributed by atoms with Crippen molar-refractivity contribution in [3.8, 4) is 0 Å². The van der Waals surface area contributed by atoms with Gasteiger partial charge in [0.05, 0.1) is 0 Å². The summed E-state index contributed by atoms with van der Waals surface area (Å²) in [4.78, 5) is 8.27. The van der Waals surface area contributed by atoms with Crippen molar-refractivity contribution in [1.29, 1.82) is 0 Å². The molecule has 3 nitrogen and oxygen atoms in total. The average molecular weight is 219 g/mol. The Morgan fingerprint density at radius 1 is 1.38 bits per heavy atom. The molecule has 1 fully saturated rings. The molecule has 16 heavy (non-hydrogen) atoms. The third-order valence-electron chi connectivity index (χ3n) is 3.72. The second kappa shape index (κ2) is 5.39. The van der Waals surface area contributed by atoms with Gasteiger partial charge in [0.1, 0.15) is 6.33 Å². The van der Waals surface area contributed by atoms with E-state index in [0.717, 1.165) is 18.4 Å². The van der Waals surface area contributed by atoms with Gasteiger partial charge in [0.2, 0.25) is 0 Å². The van der Waals surface area contributed by atoms with Crippen LogP contribution in [-0.4, -0.2) is 16.5 Å². The Bertz CT molecular complexity index is 312. The molecule has 2 rings (SSSR count). The van der Waals surface area contributed by atoms with Gasteiger partial charge in [0.15, 0.2) is 0 Å². The number of hydrogen-bond donors (Lipinski definition) is 1. The van der Waals surface area contributed by atoms with E-state index in [1.165, 1.54) is 24.8 Å². The molecule has 3 atom stereocenters. The second-order valence-corrected chi connectivity index (χ2v) is 4.78. The fraction of sp³-hybridized carbons (Fsp3) is 0.692. The maximum Gasteiger partial charge on any atom is 0.115 e. The number of aromatic nitrogens is 2. The highest BCUT2D eigenvalue weighted by atomic mass is 14.9. The lowest BCUT2D eigenvalue weighted by molar-refractivity contribution is 0.304. The van der Waals surface area contributed by atoms with Crippen LogP contribution in [0, 0.1) is 11.8 Å². The molecule has 0 radical (unpaired) electrons. The van der Waals surface area contributed by atoms with E-state index >= 15 is 0 Å². The number of hydrogen-bond acceptors (Lipinski definition) is 3. The van der Waals surface area contributed by atoms with Crippen LogP contribution in [0.5, 0.6) is 0 Å². The molecule has 88 valence electrons. The van der Waals surface area contributed by atoms with Crippen molar-refractivity contribution < 1.29 is 0 Å². The number of nitrogens with one attached hydrogen (secondary N) is 1. The lowest BCUT2D eigenvalue weighted by atomic mass is 9.87. The van der Waals surface area contributed by atoms with Crippen molar-refractivity contribution >= 4 is 0 Å². The highest BCUT2D eigenvalue weighted by molar-refractivity contribution is 5.11. The predicted octanol–water partition coefficient (Wildman–Crippen LogP) is 2.56. The molecule has 0 aromatic carbocycles. The fourth-order valence-electron chi connectivity index (χ4n) is 2.88. The van der Waals surface area contributed by atoms with E-state index in [4.69, 9.17) is 0 Å². The van der Waals surface area contributed by atoms with Crippen molar-refractivity contribution in [2.75, 3.05) is 6.54 Å². The smallest absolute Gasteiger partial charge is 0.115 e. The highest BCUT2D eigenvalue weighted by Crippen LogP contribution is 2.39. The van der Waals surface area contributed by atoms with Crippen molar-refractivity contribution in [2.24, 2.45) is 11.8 Å². The predicted molar refractivity (Wildman–Crippen MR) is 65.0 cm³/mol. The molecular weight excluding hydrogens is 198 g/mol. The fourth-order valence-corrected chi connectivity index (χ4v) is 2.88. The summed E-state index contributed by atoms with van der Waals surface area (Å²) in [6.45, 7) is 5.53. The Morgan fingerprint density at radius 3 is 2.69 bits per heavy atom. The molecule has 1 heterocycles. The Balaban J connectivity index is 2.16. The summed E-state index contributed by atoms with van der Waals surface area (Å²) in [5.41, 5.74) is 1.24. The van der Waals surface area contributed by atoms with Gasteiger partial charge in [0.25, 0.3) is 0 Å². The summed E-state index contributed by atoms with van der Waals surface area (Å²) in [5.74, 6) is 1.55. The molecule has 3 heteroatoms. The van der Waals surface area contributed by atoms with Crippen LogP contribution in [0.2, 0.25) is 0 Å². The van der Waals surface area contributed by atoms with Crippen LogP contribution in [-0.2, 0) is 0 Å². The van der Waals surface area contributed by atoms with Gasteiger partial charge in [-0.3, -0.25) is 0 Å². The first-order chi connectivity index (χ1) is 7.83. The molecule has 0 saturated heterocycles. The van der Waals surface area contributed by atoms with Crippen LogP contribution < -0.4 is 5.32 Å². The van der Waals surface area contributed by atoms with Crippen molar-refractivity contribution in [3.63, 3.8) is 0 Å². The maximum absolute atomic E-state index is 4.13. The number of nitrogens with zero attached hydrogens (tertiary/aromatic N) is 2. The van der Waals surface area contributed by atoms with E-state index in [-0.39, 0.29) is 0 Å². The van der Waals surface area contributed by atoms with E-state index < -0.39 is 0 Å². The first-order valence-corrected chi connectivity index (χ1v) is 6.31. The zero-order valence-corrected chi connectivity index (χ0v) is 10.2. The van der Waals surface area contributed by atoms with Crippen LogP contribution in [0.4, 0.5) is 0 Å². The first kappa shape index (κ1) is 11.5. The van der Waals surface area contributed by atoms with Crippen LogP contribution in [0.15, 0.2) is 18.7 Å². The molecule has 1 saturated carbocycles. The molecule has 1 N–H and O–H groups in total. The van der Waals surface area contributed by atoms with Crippen molar-refractivity contribution in [1.82, 2.24) is 15.3 Å². The van der Waals surface area contributed by atoms with Gasteiger partial charge < -0.3 is 5.32 Å². The molecule has 1 aliphatic carbocycles. The van der Waals surface area contributed by atoms with E-state index in [0.29, 0.717) is 6.04 Å². The molecule has 3 unspecified atom stereocenters. The maximum atomic E-state index is 4.13. The van der Waals surface area contributed by atoms with Crippen molar-refractivity contribution in [2.45, 2.75) is 39.2 Å². The molecule has 0 spiro atoms. The molecular formula is C13H21N3. The first-order valence-electron chi connectivity index (χ1n) is 6.31. The Hall–Kier alpha value is -0.960. The number of rotatable bonds is 4. The van der Waals surface area contributed by atoms with E-state index in [1.807, 2.05) is 12.4 Å². The van der Waals surface area contributed by atoms with Gasteiger partial charge in [-0.15, -0.1) is 0 Å². The van der Waals surface area contributed by atoms with Crippen LogP contribution in [0.3, 0.4) is 0 Å². The summed E-state index contributed by atoms with van der Waals surface area (Å²) in [5, 5.41) is 3.59. The molecule has 1 aliphatic rings. The van der Waals surface area contributed by atoms with Crippen molar-refractivity contribution in [3.05, 3.63) is 24.3 Å². The standard InChI is InChI=1S/C13H21N3/c1-3-16-13(11-7-14-9-15-8-11)12-6-4-5-10(12)2/h7-10,12-13,16H,3-6H2,1-2H3. The molecule has 0 bridgehead atoms. The normalized spacial score (nSPS) is 26.9. The zero-order chi connectivity index (χ0) is 11.4. The lowest BCUT2D eigenvalue weighted by Crippen LogP contribution is -2.29. The van der Waals surface area contributed by atoms with E-state index in [9.17, 15) is 0 Å². The topological polar surface area (TPSA) is 37.8 Å².